The van der Waals surface area contributed by atoms with Gasteiger partial charge in [0, 0.05) is 17.4 Å². The summed E-state index contributed by atoms with van der Waals surface area (Å²) in [5.74, 6) is 0.747. The Balaban J connectivity index is 2.51. The molecular weight excluding hydrogens is 330 g/mol. The van der Waals surface area contributed by atoms with Gasteiger partial charge in [0.2, 0.25) is 5.91 Å². The van der Waals surface area contributed by atoms with Crippen molar-refractivity contribution in [2.75, 3.05) is 13.2 Å². The van der Waals surface area contributed by atoms with Gasteiger partial charge >= 0.3 is 0 Å². The van der Waals surface area contributed by atoms with E-state index in [1.165, 1.54) is 5.56 Å². The van der Waals surface area contributed by atoms with E-state index in [4.69, 9.17) is 4.74 Å². The number of rotatable bonds is 8. The van der Waals surface area contributed by atoms with Crippen molar-refractivity contribution in [3.05, 3.63) is 34.3 Å². The van der Waals surface area contributed by atoms with Crippen LogP contribution in [0.1, 0.15) is 45.6 Å². The zero-order chi connectivity index (χ0) is 15.8. The van der Waals surface area contributed by atoms with Crippen LogP contribution in [-0.4, -0.2) is 25.2 Å². The fourth-order valence-corrected chi connectivity index (χ4v) is 2.47. The molecule has 1 atom stereocenters. The van der Waals surface area contributed by atoms with Crippen molar-refractivity contribution in [1.82, 2.24) is 5.32 Å². The molecule has 4 heteroatoms. The molecule has 118 valence electrons. The average Bonchev–Trinajstić information content (AvgIpc) is 2.41. The summed E-state index contributed by atoms with van der Waals surface area (Å²) in [7, 11) is 0. The molecule has 1 N–H and O–H groups in total. The number of nitrogens with one attached hydrogen (secondary N) is 1. The molecule has 0 fully saturated rings. The highest BCUT2D eigenvalue weighted by atomic mass is 79.9. The van der Waals surface area contributed by atoms with Crippen LogP contribution in [0.4, 0.5) is 0 Å². The Hall–Kier alpha value is -0.870. The van der Waals surface area contributed by atoms with Gasteiger partial charge < -0.3 is 10.1 Å². The lowest BCUT2D eigenvalue weighted by atomic mass is 9.85. The minimum absolute atomic E-state index is 0.0870. The second-order valence-electron chi connectivity index (χ2n) is 5.88. The third kappa shape index (κ3) is 7.09. The second-order valence-corrected chi connectivity index (χ2v) is 6.79. The third-order valence-electron chi connectivity index (χ3n) is 3.38. The van der Waals surface area contributed by atoms with E-state index in [0.29, 0.717) is 25.5 Å². The SMILES string of the molecule is CC(C)OCCNC(=O)CC(c1ccc(Br)cc1)C(C)C. The van der Waals surface area contributed by atoms with E-state index in [9.17, 15) is 4.79 Å². The van der Waals surface area contributed by atoms with E-state index >= 15 is 0 Å². The van der Waals surface area contributed by atoms with Crippen LogP contribution in [0.5, 0.6) is 0 Å². The Morgan fingerprint density at radius 2 is 1.81 bits per heavy atom. The van der Waals surface area contributed by atoms with Gasteiger partial charge in [-0.2, -0.15) is 0 Å². The van der Waals surface area contributed by atoms with Crippen LogP contribution in [0.3, 0.4) is 0 Å². The van der Waals surface area contributed by atoms with Crippen LogP contribution in [0.15, 0.2) is 28.7 Å². The van der Waals surface area contributed by atoms with Crippen molar-refractivity contribution >= 4 is 21.8 Å². The van der Waals surface area contributed by atoms with Gasteiger partial charge in [0.15, 0.2) is 0 Å². The minimum Gasteiger partial charge on any atom is -0.377 e. The molecule has 21 heavy (non-hydrogen) atoms. The molecule has 1 unspecified atom stereocenters. The maximum absolute atomic E-state index is 12.1. The molecule has 0 heterocycles. The molecule has 1 amide bonds. The summed E-state index contributed by atoms with van der Waals surface area (Å²) >= 11 is 3.44. The first kappa shape index (κ1) is 18.2. The Kier molecular flexibility index (Phi) is 7.97. The lowest BCUT2D eigenvalue weighted by Crippen LogP contribution is -2.30. The van der Waals surface area contributed by atoms with Crippen molar-refractivity contribution in [3.8, 4) is 0 Å². The number of benzene rings is 1. The molecule has 0 radical (unpaired) electrons. The van der Waals surface area contributed by atoms with E-state index in [1.807, 2.05) is 26.0 Å². The average molecular weight is 356 g/mol. The topological polar surface area (TPSA) is 38.3 Å². The molecule has 0 aliphatic rings. The Morgan fingerprint density at radius 3 is 2.33 bits per heavy atom. The van der Waals surface area contributed by atoms with E-state index in [2.05, 4.69) is 47.2 Å². The second kappa shape index (κ2) is 9.21. The van der Waals surface area contributed by atoms with Gasteiger partial charge in [-0.1, -0.05) is 41.9 Å². The van der Waals surface area contributed by atoms with Crippen molar-refractivity contribution < 1.29 is 9.53 Å². The van der Waals surface area contributed by atoms with Gasteiger partial charge in [-0.05, 0) is 43.4 Å². The zero-order valence-electron chi connectivity index (χ0n) is 13.4. The molecule has 0 aliphatic carbocycles. The highest BCUT2D eigenvalue weighted by Crippen LogP contribution is 2.28. The largest absolute Gasteiger partial charge is 0.377 e. The molecule has 0 bridgehead atoms. The molecular formula is C17H26BrNO2. The van der Waals surface area contributed by atoms with Crippen LogP contribution in [0.25, 0.3) is 0 Å². The summed E-state index contributed by atoms with van der Waals surface area (Å²) in [4.78, 5) is 12.1. The number of carbonyl (C=O) groups is 1. The molecule has 1 aromatic rings. The van der Waals surface area contributed by atoms with Gasteiger partial charge in [-0.25, -0.2) is 0 Å². The molecule has 3 nitrogen and oxygen atoms in total. The summed E-state index contributed by atoms with van der Waals surface area (Å²) in [6.45, 7) is 9.42. The van der Waals surface area contributed by atoms with Crippen LogP contribution in [0.2, 0.25) is 0 Å². The van der Waals surface area contributed by atoms with Crippen molar-refractivity contribution in [1.29, 1.82) is 0 Å². The lowest BCUT2D eigenvalue weighted by molar-refractivity contribution is -0.122. The summed E-state index contributed by atoms with van der Waals surface area (Å²) in [6.07, 6.45) is 0.717. The predicted molar refractivity (Wildman–Crippen MR) is 90.4 cm³/mol. The molecule has 0 spiro atoms. The van der Waals surface area contributed by atoms with Gasteiger partial charge in [0.25, 0.3) is 0 Å². The maximum Gasteiger partial charge on any atom is 0.220 e. The highest BCUT2D eigenvalue weighted by molar-refractivity contribution is 9.10. The van der Waals surface area contributed by atoms with Gasteiger partial charge in [0.1, 0.15) is 0 Å². The zero-order valence-corrected chi connectivity index (χ0v) is 14.9. The van der Waals surface area contributed by atoms with Crippen LogP contribution >= 0.6 is 15.9 Å². The summed E-state index contributed by atoms with van der Waals surface area (Å²) in [6, 6.07) is 8.23. The minimum atomic E-state index is 0.0870. The number of hydrogen-bond acceptors (Lipinski definition) is 2. The summed E-state index contributed by atoms with van der Waals surface area (Å²) < 4.78 is 6.48. The molecule has 0 saturated heterocycles. The van der Waals surface area contributed by atoms with Crippen LogP contribution < -0.4 is 5.32 Å². The van der Waals surface area contributed by atoms with E-state index in [1.54, 1.807) is 0 Å². The Morgan fingerprint density at radius 1 is 1.19 bits per heavy atom. The van der Waals surface area contributed by atoms with Crippen molar-refractivity contribution in [3.63, 3.8) is 0 Å². The van der Waals surface area contributed by atoms with E-state index in [-0.39, 0.29) is 17.9 Å². The summed E-state index contributed by atoms with van der Waals surface area (Å²) in [5.41, 5.74) is 1.21. The van der Waals surface area contributed by atoms with Gasteiger partial charge in [0.05, 0.1) is 12.7 Å². The fraction of sp³-hybridized carbons (Fsp3) is 0.588. The quantitative estimate of drug-likeness (QED) is 0.712. The fourth-order valence-electron chi connectivity index (χ4n) is 2.21. The van der Waals surface area contributed by atoms with E-state index in [0.717, 1.165) is 4.47 Å². The van der Waals surface area contributed by atoms with Crippen molar-refractivity contribution in [2.24, 2.45) is 5.92 Å². The monoisotopic (exact) mass is 355 g/mol. The summed E-state index contributed by atoms with van der Waals surface area (Å²) in [5, 5.41) is 2.93. The predicted octanol–water partition coefficient (Wildman–Crippen LogP) is 4.12. The molecule has 0 aliphatic heterocycles. The van der Waals surface area contributed by atoms with Crippen molar-refractivity contribution in [2.45, 2.75) is 46.1 Å². The van der Waals surface area contributed by atoms with Crippen LogP contribution in [0, 0.1) is 5.92 Å². The molecule has 1 rings (SSSR count). The first-order valence-corrected chi connectivity index (χ1v) is 8.33. The van der Waals surface area contributed by atoms with E-state index < -0.39 is 0 Å². The first-order valence-electron chi connectivity index (χ1n) is 7.54. The number of amides is 1. The molecule has 0 aromatic heterocycles. The smallest absolute Gasteiger partial charge is 0.220 e. The lowest BCUT2D eigenvalue weighted by Gasteiger charge is -2.21. The maximum atomic E-state index is 12.1. The first-order chi connectivity index (χ1) is 9.90. The number of ether oxygens (including phenoxy) is 1. The highest BCUT2D eigenvalue weighted by Gasteiger charge is 2.19. The number of carbonyl (C=O) groups excluding carboxylic acids is 1. The van der Waals surface area contributed by atoms with Gasteiger partial charge in [-0.3, -0.25) is 4.79 Å². The number of halogens is 1. The molecule has 0 saturated carbocycles. The molecule has 1 aromatic carbocycles. The normalized spacial score (nSPS) is 12.7. The number of hydrogen-bond donors (Lipinski definition) is 1. The third-order valence-corrected chi connectivity index (χ3v) is 3.91. The standard InChI is InChI=1S/C17H26BrNO2/c1-12(2)16(14-5-7-15(18)8-6-14)11-17(20)19-9-10-21-13(3)4/h5-8,12-13,16H,9-11H2,1-4H3,(H,19,20). The van der Waals surface area contributed by atoms with Crippen LogP contribution in [-0.2, 0) is 9.53 Å². The van der Waals surface area contributed by atoms with Gasteiger partial charge in [-0.15, -0.1) is 0 Å². The Bertz CT molecular complexity index is 429. The Labute approximate surface area is 136 Å².